The zero-order valence-electron chi connectivity index (χ0n) is 16.8. The lowest BCUT2D eigenvalue weighted by Crippen LogP contribution is -2.32. The molecule has 0 saturated heterocycles. The van der Waals surface area contributed by atoms with Gasteiger partial charge in [0.1, 0.15) is 5.75 Å². The number of nitrogens with zero attached hydrogens (tertiary/aromatic N) is 2. The van der Waals surface area contributed by atoms with Crippen LogP contribution in [0.3, 0.4) is 0 Å². The molecule has 1 aliphatic heterocycles. The lowest BCUT2D eigenvalue weighted by Gasteiger charge is -2.19. The molecule has 1 aromatic heterocycles. The van der Waals surface area contributed by atoms with Crippen molar-refractivity contribution >= 4 is 17.7 Å². The average molecular weight is 402 g/mol. The number of methoxy groups -OCH3 is 1. The van der Waals surface area contributed by atoms with E-state index < -0.39 is 0 Å². The Kier molecular flexibility index (Phi) is 6.13. The molecule has 0 radical (unpaired) electrons. The van der Waals surface area contributed by atoms with E-state index in [0.29, 0.717) is 23.9 Å². The number of para-hydroxylation sites is 1. The molecule has 0 fully saturated rings. The van der Waals surface area contributed by atoms with Crippen molar-refractivity contribution in [1.29, 1.82) is 0 Å². The van der Waals surface area contributed by atoms with Gasteiger partial charge in [0.25, 0.3) is 5.56 Å². The zero-order chi connectivity index (χ0) is 20.3. The first-order chi connectivity index (χ1) is 13.3. The monoisotopic (exact) mass is 401 g/mol. The molecule has 28 heavy (non-hydrogen) atoms. The fraction of sp³-hybridized carbons (Fsp3) is 0.476. The Morgan fingerprint density at radius 3 is 2.82 bits per heavy atom. The molecule has 1 N–H and O–H groups in total. The quantitative estimate of drug-likeness (QED) is 0.754. The molecule has 1 atom stereocenters. The molecule has 1 aromatic carbocycles. The van der Waals surface area contributed by atoms with Crippen molar-refractivity contribution in [3.63, 3.8) is 0 Å². The maximum Gasteiger partial charge on any atom is 0.254 e. The van der Waals surface area contributed by atoms with Crippen LogP contribution in [-0.4, -0.2) is 34.9 Å². The van der Waals surface area contributed by atoms with Gasteiger partial charge in [0.2, 0.25) is 5.91 Å². The third-order valence-corrected chi connectivity index (χ3v) is 5.89. The normalized spacial score (nSPS) is 15.9. The molecule has 2 aromatic rings. The second-order valence-electron chi connectivity index (χ2n) is 7.96. The number of fused-ring (bicyclic) bond motifs is 1. The number of thioether (sulfide) groups is 1. The predicted molar refractivity (Wildman–Crippen MR) is 111 cm³/mol. The van der Waals surface area contributed by atoms with E-state index in [-0.39, 0.29) is 29.3 Å². The van der Waals surface area contributed by atoms with Crippen molar-refractivity contribution < 1.29 is 9.53 Å². The van der Waals surface area contributed by atoms with Crippen molar-refractivity contribution in [2.24, 2.45) is 0 Å². The van der Waals surface area contributed by atoms with E-state index in [9.17, 15) is 9.59 Å². The van der Waals surface area contributed by atoms with E-state index in [1.54, 1.807) is 29.5 Å². The lowest BCUT2D eigenvalue weighted by atomic mass is 9.92. The van der Waals surface area contributed by atoms with Gasteiger partial charge in [-0.05, 0) is 18.1 Å². The molecule has 0 spiro atoms. The van der Waals surface area contributed by atoms with Crippen LogP contribution in [0.1, 0.15) is 44.5 Å². The molecule has 1 aliphatic rings. The minimum Gasteiger partial charge on any atom is -0.496 e. The Labute approximate surface area is 169 Å². The summed E-state index contributed by atoms with van der Waals surface area (Å²) in [6.07, 6.45) is 0.977. The van der Waals surface area contributed by atoms with E-state index in [2.05, 4.69) is 10.3 Å². The third-order valence-electron chi connectivity index (χ3n) is 4.79. The fourth-order valence-corrected chi connectivity index (χ4v) is 4.37. The van der Waals surface area contributed by atoms with Crippen molar-refractivity contribution in [1.82, 2.24) is 14.9 Å². The number of hydrogen-bond acceptors (Lipinski definition) is 5. The van der Waals surface area contributed by atoms with Gasteiger partial charge in [-0.2, -0.15) is 0 Å². The Bertz CT molecular complexity index is 918. The highest BCUT2D eigenvalue weighted by Crippen LogP contribution is 2.33. The molecule has 0 saturated carbocycles. The molecule has 7 heteroatoms. The van der Waals surface area contributed by atoms with Crippen molar-refractivity contribution in [2.45, 2.75) is 50.2 Å². The summed E-state index contributed by atoms with van der Waals surface area (Å²) in [4.78, 5) is 29.7. The summed E-state index contributed by atoms with van der Waals surface area (Å²) in [5.74, 6) is 1.46. The minimum atomic E-state index is -0.177. The smallest absolute Gasteiger partial charge is 0.254 e. The van der Waals surface area contributed by atoms with Crippen molar-refractivity contribution in [3.8, 4) is 5.75 Å². The van der Waals surface area contributed by atoms with Crippen LogP contribution in [0.4, 0.5) is 0 Å². The standard InChI is InChI=1S/C21H27N3O3S/c1-21(2,3)17-12-19(26)24-15(13-28-20(24)23-17)11-18(25)22-10-9-14-7-5-6-8-16(14)27-4/h5-8,12,15H,9-11,13H2,1-4H3,(H,22,25). The molecule has 3 rings (SSSR count). The van der Waals surface area contributed by atoms with Crippen LogP contribution in [0, 0.1) is 0 Å². The van der Waals surface area contributed by atoms with Crippen LogP contribution in [0.5, 0.6) is 5.75 Å². The van der Waals surface area contributed by atoms with Crippen LogP contribution in [0.15, 0.2) is 40.3 Å². The second kappa shape index (κ2) is 8.39. The average Bonchev–Trinajstić information content (AvgIpc) is 3.04. The van der Waals surface area contributed by atoms with Gasteiger partial charge >= 0.3 is 0 Å². The van der Waals surface area contributed by atoms with E-state index in [0.717, 1.165) is 17.0 Å². The molecule has 0 aliphatic carbocycles. The SMILES string of the molecule is COc1ccccc1CCNC(=O)CC1CSc2nc(C(C)(C)C)cc(=O)n21. The zero-order valence-corrected chi connectivity index (χ0v) is 17.6. The summed E-state index contributed by atoms with van der Waals surface area (Å²) in [7, 11) is 1.64. The summed E-state index contributed by atoms with van der Waals surface area (Å²) in [6, 6.07) is 9.23. The molecule has 6 nitrogen and oxygen atoms in total. The van der Waals surface area contributed by atoms with E-state index in [4.69, 9.17) is 4.74 Å². The van der Waals surface area contributed by atoms with Crippen LogP contribution in [0.25, 0.3) is 0 Å². The van der Waals surface area contributed by atoms with Crippen LogP contribution >= 0.6 is 11.8 Å². The summed E-state index contributed by atoms with van der Waals surface area (Å²) in [5.41, 5.74) is 1.59. The molecule has 1 amide bonds. The van der Waals surface area contributed by atoms with Crippen LogP contribution in [0.2, 0.25) is 0 Å². The first kappa shape index (κ1) is 20.5. The maximum atomic E-state index is 12.6. The Morgan fingerprint density at radius 1 is 1.36 bits per heavy atom. The number of aromatic nitrogens is 2. The van der Waals surface area contributed by atoms with Gasteiger partial charge in [-0.3, -0.25) is 14.2 Å². The number of hydrogen-bond donors (Lipinski definition) is 1. The van der Waals surface area contributed by atoms with Gasteiger partial charge in [0.05, 0.1) is 18.8 Å². The molecule has 2 heterocycles. The van der Waals surface area contributed by atoms with Gasteiger partial charge in [-0.1, -0.05) is 50.7 Å². The maximum absolute atomic E-state index is 12.6. The topological polar surface area (TPSA) is 73.2 Å². The number of benzene rings is 1. The second-order valence-corrected chi connectivity index (χ2v) is 8.95. The Morgan fingerprint density at radius 2 is 2.11 bits per heavy atom. The molecule has 150 valence electrons. The highest BCUT2D eigenvalue weighted by molar-refractivity contribution is 7.99. The largest absolute Gasteiger partial charge is 0.496 e. The van der Waals surface area contributed by atoms with E-state index >= 15 is 0 Å². The van der Waals surface area contributed by atoms with E-state index in [1.165, 1.54) is 0 Å². The van der Waals surface area contributed by atoms with Gasteiger partial charge in [0.15, 0.2) is 5.16 Å². The van der Waals surface area contributed by atoms with E-state index in [1.807, 2.05) is 45.0 Å². The fourth-order valence-electron chi connectivity index (χ4n) is 3.22. The predicted octanol–water partition coefficient (Wildman–Crippen LogP) is 2.95. The molecular weight excluding hydrogens is 374 g/mol. The number of carbonyl (C=O) groups excluding carboxylic acids is 1. The van der Waals surface area contributed by atoms with Crippen LogP contribution < -0.4 is 15.6 Å². The minimum absolute atomic E-state index is 0.0554. The Hall–Kier alpha value is -2.28. The molecule has 0 bridgehead atoms. The molecular formula is C21H27N3O3S. The first-order valence-corrected chi connectivity index (χ1v) is 10.4. The van der Waals surface area contributed by atoms with Crippen molar-refractivity contribution in [3.05, 3.63) is 51.9 Å². The molecule has 1 unspecified atom stereocenters. The number of amides is 1. The summed E-state index contributed by atoms with van der Waals surface area (Å²) in [6.45, 7) is 6.65. The number of carbonyl (C=O) groups is 1. The lowest BCUT2D eigenvalue weighted by molar-refractivity contribution is -0.121. The van der Waals surface area contributed by atoms with Crippen molar-refractivity contribution in [2.75, 3.05) is 19.4 Å². The first-order valence-electron chi connectivity index (χ1n) is 9.45. The number of ether oxygens (including phenoxy) is 1. The van der Waals surface area contributed by atoms with Gasteiger partial charge in [-0.25, -0.2) is 4.98 Å². The highest BCUT2D eigenvalue weighted by atomic mass is 32.2. The number of rotatable bonds is 6. The third kappa shape index (κ3) is 4.58. The summed E-state index contributed by atoms with van der Waals surface area (Å²) in [5, 5.41) is 3.67. The summed E-state index contributed by atoms with van der Waals surface area (Å²) < 4.78 is 7.00. The van der Waals surface area contributed by atoms with Crippen LogP contribution in [-0.2, 0) is 16.6 Å². The van der Waals surface area contributed by atoms with Gasteiger partial charge in [-0.15, -0.1) is 0 Å². The van der Waals surface area contributed by atoms with Gasteiger partial charge in [0, 0.05) is 30.2 Å². The Balaban J connectivity index is 1.60. The number of nitrogens with one attached hydrogen (secondary N) is 1. The van der Waals surface area contributed by atoms with Gasteiger partial charge < -0.3 is 10.1 Å². The highest BCUT2D eigenvalue weighted by Gasteiger charge is 2.29. The summed E-state index contributed by atoms with van der Waals surface area (Å²) >= 11 is 1.54.